The Morgan fingerprint density at radius 3 is 2.14 bits per heavy atom. The summed E-state index contributed by atoms with van der Waals surface area (Å²) in [5.74, 6) is -0.0778. The SMILES string of the molecule is O=C(c1ccc(Cl)o1)N1CCN(S(=O)(=O)N2CCCC2)CC1. The lowest BCUT2D eigenvalue weighted by atomic mass is 10.3. The van der Waals surface area contributed by atoms with E-state index in [1.807, 2.05) is 0 Å². The van der Waals surface area contributed by atoms with E-state index in [0.29, 0.717) is 39.3 Å². The summed E-state index contributed by atoms with van der Waals surface area (Å²) in [5.41, 5.74) is 0. The van der Waals surface area contributed by atoms with Gasteiger partial charge in [0.1, 0.15) is 0 Å². The first-order chi connectivity index (χ1) is 10.5. The van der Waals surface area contributed by atoms with Gasteiger partial charge in [0.25, 0.3) is 16.1 Å². The zero-order chi connectivity index (χ0) is 15.7. The smallest absolute Gasteiger partial charge is 0.289 e. The van der Waals surface area contributed by atoms with Crippen LogP contribution in [0.4, 0.5) is 0 Å². The highest BCUT2D eigenvalue weighted by Crippen LogP contribution is 2.20. The van der Waals surface area contributed by atoms with Gasteiger partial charge < -0.3 is 9.32 Å². The van der Waals surface area contributed by atoms with E-state index >= 15 is 0 Å². The Balaban J connectivity index is 1.61. The lowest BCUT2D eigenvalue weighted by Crippen LogP contribution is -2.53. The van der Waals surface area contributed by atoms with Crippen molar-refractivity contribution in [2.24, 2.45) is 0 Å². The highest BCUT2D eigenvalue weighted by molar-refractivity contribution is 7.86. The third-order valence-electron chi connectivity index (χ3n) is 4.03. The summed E-state index contributed by atoms with van der Waals surface area (Å²) in [4.78, 5) is 13.8. The Morgan fingerprint density at radius 1 is 1.00 bits per heavy atom. The van der Waals surface area contributed by atoms with Crippen LogP contribution in [0, 0.1) is 0 Å². The average Bonchev–Trinajstić information content (AvgIpc) is 3.18. The zero-order valence-corrected chi connectivity index (χ0v) is 13.6. The molecule has 2 fully saturated rings. The molecule has 0 aromatic carbocycles. The van der Waals surface area contributed by atoms with Gasteiger partial charge in [0.15, 0.2) is 11.0 Å². The van der Waals surface area contributed by atoms with Gasteiger partial charge in [0, 0.05) is 39.3 Å². The maximum Gasteiger partial charge on any atom is 0.289 e. The molecule has 9 heteroatoms. The molecule has 2 saturated heterocycles. The maximum atomic E-state index is 12.5. The Labute approximate surface area is 134 Å². The molecule has 0 unspecified atom stereocenters. The maximum absolute atomic E-state index is 12.5. The van der Waals surface area contributed by atoms with E-state index < -0.39 is 10.2 Å². The topological polar surface area (TPSA) is 74.1 Å². The number of carbonyl (C=O) groups is 1. The van der Waals surface area contributed by atoms with Crippen molar-refractivity contribution in [2.45, 2.75) is 12.8 Å². The number of amides is 1. The molecule has 1 aromatic rings. The van der Waals surface area contributed by atoms with Crippen LogP contribution in [0.25, 0.3) is 0 Å². The number of halogens is 1. The van der Waals surface area contributed by atoms with Crippen LogP contribution in [0.1, 0.15) is 23.4 Å². The second-order valence-corrected chi connectivity index (χ2v) is 7.71. The Morgan fingerprint density at radius 2 is 1.59 bits per heavy atom. The molecule has 2 aliphatic rings. The van der Waals surface area contributed by atoms with Gasteiger partial charge in [-0.3, -0.25) is 4.79 Å². The molecule has 22 heavy (non-hydrogen) atoms. The summed E-state index contributed by atoms with van der Waals surface area (Å²) >= 11 is 5.67. The van der Waals surface area contributed by atoms with Crippen molar-refractivity contribution in [1.29, 1.82) is 0 Å². The first-order valence-electron chi connectivity index (χ1n) is 7.28. The molecule has 122 valence electrons. The van der Waals surface area contributed by atoms with Crippen LogP contribution in [-0.4, -0.2) is 67.1 Å². The fourth-order valence-corrected chi connectivity index (χ4v) is 4.61. The fraction of sp³-hybridized carbons (Fsp3) is 0.615. The molecule has 0 spiro atoms. The van der Waals surface area contributed by atoms with E-state index in [9.17, 15) is 13.2 Å². The van der Waals surface area contributed by atoms with Crippen molar-refractivity contribution in [3.8, 4) is 0 Å². The second kappa shape index (κ2) is 6.19. The van der Waals surface area contributed by atoms with E-state index in [1.165, 1.54) is 20.7 Å². The van der Waals surface area contributed by atoms with E-state index in [2.05, 4.69) is 0 Å². The lowest BCUT2D eigenvalue weighted by Gasteiger charge is -2.35. The van der Waals surface area contributed by atoms with Gasteiger partial charge in [0.05, 0.1) is 0 Å². The highest BCUT2D eigenvalue weighted by Gasteiger charge is 2.35. The van der Waals surface area contributed by atoms with Crippen LogP contribution < -0.4 is 0 Å². The number of hydrogen-bond donors (Lipinski definition) is 0. The van der Waals surface area contributed by atoms with Crippen LogP contribution in [0.3, 0.4) is 0 Å². The molecular formula is C13H18ClN3O4S. The third-order valence-corrected chi connectivity index (χ3v) is 6.27. The van der Waals surface area contributed by atoms with E-state index in [0.717, 1.165) is 12.8 Å². The summed E-state index contributed by atoms with van der Waals surface area (Å²) < 4.78 is 33.0. The first kappa shape index (κ1) is 15.8. The van der Waals surface area contributed by atoms with Crippen LogP contribution >= 0.6 is 11.6 Å². The van der Waals surface area contributed by atoms with Gasteiger partial charge in [-0.15, -0.1) is 0 Å². The molecule has 0 saturated carbocycles. The van der Waals surface area contributed by atoms with Crippen molar-refractivity contribution in [3.63, 3.8) is 0 Å². The average molecular weight is 348 g/mol. The molecule has 0 atom stereocenters. The molecule has 2 aliphatic heterocycles. The predicted octanol–water partition coefficient (Wildman–Crippen LogP) is 1.03. The van der Waals surface area contributed by atoms with Crippen molar-refractivity contribution in [1.82, 2.24) is 13.5 Å². The molecule has 0 radical (unpaired) electrons. The number of nitrogens with zero attached hydrogens (tertiary/aromatic N) is 3. The van der Waals surface area contributed by atoms with E-state index in [4.69, 9.17) is 16.0 Å². The van der Waals surface area contributed by atoms with Crippen molar-refractivity contribution in [2.75, 3.05) is 39.3 Å². The van der Waals surface area contributed by atoms with Crippen molar-refractivity contribution in [3.05, 3.63) is 23.1 Å². The number of hydrogen-bond acceptors (Lipinski definition) is 4. The van der Waals surface area contributed by atoms with Crippen LogP contribution in [-0.2, 0) is 10.2 Å². The molecule has 7 nitrogen and oxygen atoms in total. The van der Waals surface area contributed by atoms with Gasteiger partial charge >= 0.3 is 0 Å². The number of rotatable bonds is 3. The van der Waals surface area contributed by atoms with E-state index in [-0.39, 0.29) is 16.9 Å². The Kier molecular flexibility index (Phi) is 4.44. The summed E-state index contributed by atoms with van der Waals surface area (Å²) in [7, 11) is -3.39. The standard InChI is InChI=1S/C13H18ClN3O4S/c14-12-4-3-11(21-12)13(18)15-7-9-17(10-8-15)22(19,20)16-5-1-2-6-16/h3-4H,1-2,5-10H2. The van der Waals surface area contributed by atoms with Crippen molar-refractivity contribution >= 4 is 27.7 Å². The monoisotopic (exact) mass is 347 g/mol. The molecule has 3 rings (SSSR count). The number of carbonyl (C=O) groups excluding carboxylic acids is 1. The van der Waals surface area contributed by atoms with Crippen LogP contribution in [0.5, 0.6) is 0 Å². The van der Waals surface area contributed by atoms with Gasteiger partial charge in [-0.05, 0) is 36.6 Å². The number of piperazine rings is 1. The van der Waals surface area contributed by atoms with Crippen LogP contribution in [0.15, 0.2) is 16.5 Å². The van der Waals surface area contributed by atoms with Gasteiger partial charge in [-0.2, -0.15) is 17.0 Å². The molecule has 0 aliphatic carbocycles. The minimum absolute atomic E-state index is 0.165. The van der Waals surface area contributed by atoms with E-state index in [1.54, 1.807) is 4.90 Å². The minimum atomic E-state index is -3.39. The van der Waals surface area contributed by atoms with Crippen molar-refractivity contribution < 1.29 is 17.6 Å². The normalized spacial score (nSPS) is 21.4. The van der Waals surface area contributed by atoms with Gasteiger partial charge in [-0.25, -0.2) is 0 Å². The van der Waals surface area contributed by atoms with Crippen LogP contribution in [0.2, 0.25) is 5.22 Å². The minimum Gasteiger partial charge on any atom is -0.440 e. The summed E-state index contributed by atoms with van der Waals surface area (Å²) in [6.45, 7) is 2.49. The Bertz CT molecular complexity index is 646. The quantitative estimate of drug-likeness (QED) is 0.818. The lowest BCUT2D eigenvalue weighted by molar-refractivity contribution is 0.0663. The summed E-state index contributed by atoms with van der Waals surface area (Å²) in [5, 5.41) is 0.165. The molecule has 1 amide bonds. The largest absolute Gasteiger partial charge is 0.440 e. The molecule has 0 bridgehead atoms. The van der Waals surface area contributed by atoms with Gasteiger partial charge in [0.2, 0.25) is 0 Å². The first-order valence-corrected chi connectivity index (χ1v) is 9.06. The summed E-state index contributed by atoms with van der Waals surface area (Å²) in [6, 6.07) is 3.04. The fourth-order valence-electron chi connectivity index (χ4n) is 2.79. The summed E-state index contributed by atoms with van der Waals surface area (Å²) in [6.07, 6.45) is 1.83. The molecule has 0 N–H and O–H groups in total. The second-order valence-electron chi connectivity index (χ2n) is 5.41. The molecule has 1 aromatic heterocycles. The number of furan rings is 1. The van der Waals surface area contributed by atoms with Gasteiger partial charge in [-0.1, -0.05) is 0 Å². The third kappa shape index (κ3) is 3.01. The Hall–Kier alpha value is -1.09. The predicted molar refractivity (Wildman–Crippen MR) is 80.9 cm³/mol. The zero-order valence-electron chi connectivity index (χ0n) is 12.1. The molecule has 3 heterocycles. The highest BCUT2D eigenvalue weighted by atomic mass is 35.5. The molecular weight excluding hydrogens is 330 g/mol.